The molecule has 0 saturated carbocycles. The van der Waals surface area contributed by atoms with E-state index in [2.05, 4.69) is 31.3 Å². The number of benzene rings is 1. The van der Waals surface area contributed by atoms with E-state index in [1.165, 1.54) is 0 Å². The van der Waals surface area contributed by atoms with Crippen LogP contribution >= 0.6 is 0 Å². The van der Waals surface area contributed by atoms with Gasteiger partial charge < -0.3 is 11.1 Å². The van der Waals surface area contributed by atoms with Gasteiger partial charge in [0.05, 0.1) is 6.04 Å². The number of rotatable bonds is 6. The Morgan fingerprint density at radius 3 is 2.33 bits per heavy atom. The second kappa shape index (κ2) is 7.17. The fourth-order valence-electron chi connectivity index (χ4n) is 1.86. The van der Waals surface area contributed by atoms with E-state index >= 15 is 0 Å². The molecule has 0 aliphatic rings. The van der Waals surface area contributed by atoms with E-state index in [-0.39, 0.29) is 17.9 Å². The Morgan fingerprint density at radius 2 is 1.83 bits per heavy atom. The van der Waals surface area contributed by atoms with E-state index in [4.69, 9.17) is 5.73 Å². The number of nitrogens with one attached hydrogen (secondary N) is 1. The van der Waals surface area contributed by atoms with E-state index in [1.54, 1.807) is 0 Å². The lowest BCUT2D eigenvalue weighted by Gasteiger charge is -2.22. The molecule has 0 aliphatic carbocycles. The molecule has 1 rings (SSSR count). The molecular weight excluding hydrogens is 224 g/mol. The van der Waals surface area contributed by atoms with E-state index in [9.17, 15) is 4.79 Å². The molecule has 3 heteroatoms. The van der Waals surface area contributed by atoms with E-state index in [1.807, 2.05) is 25.1 Å². The molecule has 0 heterocycles. The zero-order valence-corrected chi connectivity index (χ0v) is 11.5. The first-order chi connectivity index (χ1) is 8.54. The Morgan fingerprint density at radius 1 is 1.22 bits per heavy atom. The zero-order valence-electron chi connectivity index (χ0n) is 11.5. The first kappa shape index (κ1) is 14.7. The van der Waals surface area contributed by atoms with Crippen molar-refractivity contribution in [2.24, 2.45) is 17.6 Å². The number of hydrogen-bond acceptors (Lipinski definition) is 2. The summed E-state index contributed by atoms with van der Waals surface area (Å²) in [7, 11) is 0. The molecule has 1 amide bonds. The largest absolute Gasteiger partial charge is 0.349 e. The third kappa shape index (κ3) is 4.49. The number of hydrogen-bond donors (Lipinski definition) is 2. The van der Waals surface area contributed by atoms with Crippen molar-refractivity contribution in [2.75, 3.05) is 6.54 Å². The summed E-state index contributed by atoms with van der Waals surface area (Å²) in [5.41, 5.74) is 6.68. The maximum Gasteiger partial charge on any atom is 0.224 e. The predicted octanol–water partition coefficient (Wildman–Crippen LogP) is 2.48. The van der Waals surface area contributed by atoms with Gasteiger partial charge in [-0.1, -0.05) is 51.1 Å². The lowest BCUT2D eigenvalue weighted by molar-refractivity contribution is -0.125. The number of carbonyl (C=O) groups is 1. The molecule has 0 saturated heterocycles. The molecule has 18 heavy (non-hydrogen) atoms. The highest BCUT2D eigenvalue weighted by Gasteiger charge is 2.18. The molecule has 3 nitrogen and oxygen atoms in total. The molecule has 0 spiro atoms. The summed E-state index contributed by atoms with van der Waals surface area (Å²) in [6.07, 6.45) is 0.938. The highest BCUT2D eigenvalue weighted by atomic mass is 16.1. The van der Waals surface area contributed by atoms with Crippen LogP contribution in [0.4, 0.5) is 0 Å². The molecule has 0 fully saturated rings. The van der Waals surface area contributed by atoms with E-state index in [0.717, 1.165) is 12.0 Å². The maximum atomic E-state index is 11.9. The lowest BCUT2D eigenvalue weighted by atomic mass is 9.96. The normalized spacial score (nSPS) is 14.3. The molecule has 1 aromatic carbocycles. The van der Waals surface area contributed by atoms with Crippen LogP contribution in [0.2, 0.25) is 0 Å². The first-order valence-corrected chi connectivity index (χ1v) is 6.60. The van der Waals surface area contributed by atoms with Gasteiger partial charge >= 0.3 is 0 Å². The van der Waals surface area contributed by atoms with Crippen molar-refractivity contribution >= 4 is 5.91 Å². The smallest absolute Gasteiger partial charge is 0.224 e. The van der Waals surface area contributed by atoms with E-state index in [0.29, 0.717) is 12.5 Å². The van der Waals surface area contributed by atoms with Gasteiger partial charge in [0.25, 0.3) is 0 Å². The van der Waals surface area contributed by atoms with Gasteiger partial charge in [-0.3, -0.25) is 4.79 Å². The van der Waals surface area contributed by atoms with Crippen LogP contribution < -0.4 is 11.1 Å². The molecule has 2 atom stereocenters. The topological polar surface area (TPSA) is 55.1 Å². The molecule has 0 aliphatic heterocycles. The highest BCUT2D eigenvalue weighted by molar-refractivity contribution is 5.78. The Bertz CT molecular complexity index is 362. The molecule has 3 N–H and O–H groups in total. The molecule has 100 valence electrons. The van der Waals surface area contributed by atoms with Gasteiger partial charge in [-0.05, 0) is 17.9 Å². The highest BCUT2D eigenvalue weighted by Crippen LogP contribution is 2.21. The van der Waals surface area contributed by atoms with Crippen molar-refractivity contribution in [1.82, 2.24) is 5.32 Å². The molecular formula is C15H24N2O. The minimum atomic E-state index is -0.136. The van der Waals surface area contributed by atoms with Gasteiger partial charge in [0.2, 0.25) is 5.91 Å². The average molecular weight is 248 g/mol. The molecule has 1 aromatic rings. The van der Waals surface area contributed by atoms with Crippen molar-refractivity contribution < 1.29 is 4.79 Å². The van der Waals surface area contributed by atoms with Gasteiger partial charge in [-0.15, -0.1) is 0 Å². The summed E-state index contributed by atoms with van der Waals surface area (Å²) in [5, 5.41) is 3.10. The third-order valence-corrected chi connectivity index (χ3v) is 3.03. The monoisotopic (exact) mass is 248 g/mol. The van der Waals surface area contributed by atoms with E-state index < -0.39 is 0 Å². The van der Waals surface area contributed by atoms with Crippen molar-refractivity contribution in [3.05, 3.63) is 35.9 Å². The summed E-state index contributed by atoms with van der Waals surface area (Å²) in [5.74, 6) is 0.430. The van der Waals surface area contributed by atoms with Gasteiger partial charge in [-0.25, -0.2) is 0 Å². The van der Waals surface area contributed by atoms with Crippen molar-refractivity contribution in [3.63, 3.8) is 0 Å². The van der Waals surface area contributed by atoms with Crippen LogP contribution in [0.15, 0.2) is 30.3 Å². The second-order valence-corrected chi connectivity index (χ2v) is 5.24. The Labute approximate surface area is 110 Å². The predicted molar refractivity (Wildman–Crippen MR) is 75.0 cm³/mol. The van der Waals surface area contributed by atoms with Crippen LogP contribution in [-0.4, -0.2) is 12.5 Å². The first-order valence-electron chi connectivity index (χ1n) is 6.60. The second-order valence-electron chi connectivity index (χ2n) is 5.24. The molecule has 0 aromatic heterocycles. The standard InChI is InChI=1S/C15H24N2O/c1-11(2)9-14(13-7-5-4-6-8-13)17-15(18)12(3)10-16/h4-8,11-12,14H,9-10,16H2,1-3H3,(H,17,18). The number of amides is 1. The maximum absolute atomic E-state index is 11.9. The van der Waals surface area contributed by atoms with Crippen LogP contribution in [0, 0.1) is 11.8 Å². The zero-order chi connectivity index (χ0) is 13.5. The van der Waals surface area contributed by atoms with Crippen LogP contribution in [0.1, 0.15) is 38.8 Å². The van der Waals surface area contributed by atoms with Gasteiger partial charge in [0.15, 0.2) is 0 Å². The Hall–Kier alpha value is -1.35. The van der Waals surface area contributed by atoms with Gasteiger partial charge in [-0.2, -0.15) is 0 Å². The van der Waals surface area contributed by atoms with Gasteiger partial charge in [0, 0.05) is 12.5 Å². The summed E-state index contributed by atoms with van der Waals surface area (Å²) < 4.78 is 0. The average Bonchev–Trinajstić information content (AvgIpc) is 2.37. The van der Waals surface area contributed by atoms with Crippen molar-refractivity contribution in [1.29, 1.82) is 0 Å². The lowest BCUT2D eigenvalue weighted by Crippen LogP contribution is -2.36. The molecule has 2 unspecified atom stereocenters. The van der Waals surface area contributed by atoms with Crippen LogP contribution in [-0.2, 0) is 4.79 Å². The minimum Gasteiger partial charge on any atom is -0.349 e. The molecule has 0 radical (unpaired) electrons. The summed E-state index contributed by atoms with van der Waals surface area (Å²) in [6.45, 7) is 6.56. The Kier molecular flexibility index (Phi) is 5.86. The van der Waals surface area contributed by atoms with Crippen molar-refractivity contribution in [2.45, 2.75) is 33.2 Å². The van der Waals surface area contributed by atoms with Crippen LogP contribution in [0.3, 0.4) is 0 Å². The fourth-order valence-corrected chi connectivity index (χ4v) is 1.86. The summed E-state index contributed by atoms with van der Waals surface area (Å²) in [4.78, 5) is 11.9. The van der Waals surface area contributed by atoms with Crippen LogP contribution in [0.25, 0.3) is 0 Å². The van der Waals surface area contributed by atoms with Crippen LogP contribution in [0.5, 0.6) is 0 Å². The SMILES string of the molecule is CC(C)CC(NC(=O)C(C)CN)c1ccccc1. The third-order valence-electron chi connectivity index (χ3n) is 3.03. The van der Waals surface area contributed by atoms with Crippen molar-refractivity contribution in [3.8, 4) is 0 Å². The number of carbonyl (C=O) groups excluding carboxylic acids is 1. The van der Waals surface area contributed by atoms with Gasteiger partial charge in [0.1, 0.15) is 0 Å². The Balaban J connectivity index is 2.77. The fraction of sp³-hybridized carbons (Fsp3) is 0.533. The summed E-state index contributed by atoms with van der Waals surface area (Å²) in [6, 6.07) is 10.2. The number of nitrogens with two attached hydrogens (primary N) is 1. The summed E-state index contributed by atoms with van der Waals surface area (Å²) >= 11 is 0. The molecule has 0 bridgehead atoms. The quantitative estimate of drug-likeness (QED) is 0.812. The minimum absolute atomic E-state index is 0.0343.